The maximum absolute atomic E-state index is 12.5. The zero-order chi connectivity index (χ0) is 22.8. The van der Waals surface area contributed by atoms with Crippen LogP contribution in [-0.2, 0) is 24.9 Å². The fraction of sp³-hybridized carbons (Fsp3) is 0.348. The second-order valence-corrected chi connectivity index (χ2v) is 7.28. The first-order chi connectivity index (χ1) is 15.5. The highest BCUT2D eigenvalue weighted by atomic mass is 16.5. The number of benzene rings is 1. The molecule has 0 bridgehead atoms. The number of hydrogen-bond donors (Lipinski definition) is 1. The van der Waals surface area contributed by atoms with Crippen LogP contribution in [0.4, 0.5) is 5.82 Å². The van der Waals surface area contributed by atoms with Crippen LogP contribution >= 0.6 is 0 Å². The van der Waals surface area contributed by atoms with Gasteiger partial charge in [-0.25, -0.2) is 14.8 Å². The van der Waals surface area contributed by atoms with E-state index in [1.807, 2.05) is 47.4 Å². The lowest BCUT2D eigenvalue weighted by molar-refractivity contribution is 0.0514. The van der Waals surface area contributed by atoms with Gasteiger partial charge < -0.3 is 28.7 Å². The molecule has 1 aromatic carbocycles. The van der Waals surface area contributed by atoms with Gasteiger partial charge in [-0.3, -0.25) is 0 Å². The third kappa shape index (κ3) is 3.59. The standard InChI is InChI=1S/C23H27N5O4/c1-6-28-17(23(29)32-7-2)11-16-20-19(25-13-27(20)3)21(26-22(16)28)24-12-14-8-9-15(30-4)10-18(14)31-5/h8-11,13H,6-7,12H2,1-5H3,(H,24,26). The van der Waals surface area contributed by atoms with Crippen molar-refractivity contribution in [2.24, 2.45) is 7.05 Å². The van der Waals surface area contributed by atoms with Crippen LogP contribution in [0.25, 0.3) is 22.1 Å². The van der Waals surface area contributed by atoms with Crippen LogP contribution in [0.3, 0.4) is 0 Å². The Hall–Kier alpha value is -3.75. The fourth-order valence-corrected chi connectivity index (χ4v) is 3.91. The first-order valence-corrected chi connectivity index (χ1v) is 10.5. The number of carbonyl (C=O) groups is 1. The number of imidazole rings is 1. The van der Waals surface area contributed by atoms with Crippen LogP contribution in [0.15, 0.2) is 30.6 Å². The summed E-state index contributed by atoms with van der Waals surface area (Å²) >= 11 is 0. The monoisotopic (exact) mass is 437 g/mol. The van der Waals surface area contributed by atoms with Gasteiger partial charge in [0, 0.05) is 37.2 Å². The van der Waals surface area contributed by atoms with Gasteiger partial charge in [0.15, 0.2) is 5.82 Å². The number of fused-ring (bicyclic) bond motifs is 3. The molecule has 4 rings (SSSR count). The number of methoxy groups -OCH3 is 2. The summed E-state index contributed by atoms with van der Waals surface area (Å²) in [6.45, 7) is 5.15. The molecule has 3 aromatic heterocycles. The Labute approximate surface area is 185 Å². The van der Waals surface area contributed by atoms with Crippen molar-refractivity contribution in [3.8, 4) is 11.5 Å². The van der Waals surface area contributed by atoms with Crippen molar-refractivity contribution >= 4 is 33.9 Å². The van der Waals surface area contributed by atoms with Crippen LogP contribution in [-0.4, -0.2) is 45.9 Å². The van der Waals surface area contributed by atoms with Gasteiger partial charge in [-0.05, 0) is 32.0 Å². The van der Waals surface area contributed by atoms with Crippen LogP contribution in [0.5, 0.6) is 11.5 Å². The Balaban J connectivity index is 1.80. The van der Waals surface area contributed by atoms with E-state index < -0.39 is 0 Å². The Morgan fingerprint density at radius 1 is 1.16 bits per heavy atom. The highest BCUT2D eigenvalue weighted by Gasteiger charge is 2.22. The van der Waals surface area contributed by atoms with Crippen molar-refractivity contribution in [3.05, 3.63) is 41.9 Å². The average molecular weight is 438 g/mol. The number of hydrogen-bond acceptors (Lipinski definition) is 7. The van der Waals surface area contributed by atoms with E-state index in [0.717, 1.165) is 33.5 Å². The number of rotatable bonds is 8. The largest absolute Gasteiger partial charge is 0.497 e. The lowest BCUT2D eigenvalue weighted by atomic mass is 10.2. The number of pyridine rings is 1. The smallest absolute Gasteiger partial charge is 0.355 e. The normalized spacial score (nSPS) is 11.2. The van der Waals surface area contributed by atoms with Crippen LogP contribution < -0.4 is 14.8 Å². The van der Waals surface area contributed by atoms with Gasteiger partial charge in [-0.1, -0.05) is 0 Å². The van der Waals surface area contributed by atoms with Crippen LogP contribution in [0, 0.1) is 0 Å². The number of anilines is 1. The number of nitrogens with one attached hydrogen (secondary N) is 1. The van der Waals surface area contributed by atoms with Gasteiger partial charge in [-0.2, -0.15) is 0 Å². The SMILES string of the molecule is CCOC(=O)c1cc2c3c(ncn3C)c(NCc3ccc(OC)cc3OC)nc2n1CC. The highest BCUT2D eigenvalue weighted by molar-refractivity contribution is 6.09. The minimum Gasteiger partial charge on any atom is -0.497 e. The zero-order valence-corrected chi connectivity index (χ0v) is 18.9. The molecule has 32 heavy (non-hydrogen) atoms. The molecule has 0 spiro atoms. The maximum atomic E-state index is 12.5. The van der Waals surface area contributed by atoms with E-state index in [9.17, 15) is 4.79 Å². The first-order valence-electron chi connectivity index (χ1n) is 10.5. The molecule has 168 valence electrons. The first kappa shape index (κ1) is 21.5. The third-order valence-corrected chi connectivity index (χ3v) is 5.44. The maximum Gasteiger partial charge on any atom is 0.355 e. The number of aromatic nitrogens is 4. The molecule has 9 heteroatoms. The molecule has 0 amide bonds. The van der Waals surface area contributed by atoms with Gasteiger partial charge in [0.2, 0.25) is 0 Å². The third-order valence-electron chi connectivity index (χ3n) is 5.44. The van der Waals surface area contributed by atoms with E-state index in [1.54, 1.807) is 27.5 Å². The molecule has 4 aromatic rings. The number of nitrogens with zero attached hydrogens (tertiary/aromatic N) is 4. The molecular weight excluding hydrogens is 410 g/mol. The summed E-state index contributed by atoms with van der Waals surface area (Å²) in [7, 11) is 5.18. The molecule has 1 N–H and O–H groups in total. The molecule has 9 nitrogen and oxygen atoms in total. The zero-order valence-electron chi connectivity index (χ0n) is 18.9. The molecule has 0 atom stereocenters. The Kier molecular flexibility index (Phi) is 5.89. The Bertz CT molecular complexity index is 1290. The molecule has 0 saturated heterocycles. The number of ether oxygens (including phenoxy) is 3. The minimum absolute atomic E-state index is 0.315. The molecule has 0 fully saturated rings. The van der Waals surface area contributed by atoms with Crippen molar-refractivity contribution in [2.45, 2.75) is 26.9 Å². The van der Waals surface area contributed by atoms with Gasteiger partial charge >= 0.3 is 5.97 Å². The second-order valence-electron chi connectivity index (χ2n) is 7.28. The molecule has 0 saturated carbocycles. The van der Waals surface area contributed by atoms with Gasteiger partial charge in [0.25, 0.3) is 0 Å². The topological polar surface area (TPSA) is 92.4 Å². The summed E-state index contributed by atoms with van der Waals surface area (Å²) in [6, 6.07) is 7.52. The summed E-state index contributed by atoms with van der Waals surface area (Å²) in [5.41, 5.74) is 3.77. The highest BCUT2D eigenvalue weighted by Crippen LogP contribution is 2.32. The van der Waals surface area contributed by atoms with E-state index in [1.165, 1.54) is 0 Å². The molecule has 0 aliphatic rings. The van der Waals surface area contributed by atoms with E-state index >= 15 is 0 Å². The molecule has 3 heterocycles. The summed E-state index contributed by atoms with van der Waals surface area (Å²) in [6.07, 6.45) is 1.75. The van der Waals surface area contributed by atoms with Gasteiger partial charge in [-0.15, -0.1) is 0 Å². The molecule has 0 unspecified atom stereocenters. The van der Waals surface area contributed by atoms with Gasteiger partial charge in [0.05, 0.1) is 32.7 Å². The van der Waals surface area contributed by atoms with Crippen molar-refractivity contribution in [2.75, 3.05) is 26.1 Å². The number of esters is 1. The summed E-state index contributed by atoms with van der Waals surface area (Å²) < 4.78 is 19.9. The van der Waals surface area contributed by atoms with Gasteiger partial charge in [0.1, 0.15) is 28.4 Å². The lowest BCUT2D eigenvalue weighted by Gasteiger charge is -2.13. The van der Waals surface area contributed by atoms with E-state index in [0.29, 0.717) is 36.9 Å². The molecule has 0 radical (unpaired) electrons. The second kappa shape index (κ2) is 8.78. The predicted octanol–water partition coefficient (Wildman–Crippen LogP) is 3.75. The summed E-state index contributed by atoms with van der Waals surface area (Å²) in [5.74, 6) is 1.72. The minimum atomic E-state index is -0.361. The molecular formula is C23H27N5O4. The quantitative estimate of drug-likeness (QED) is 0.420. The number of aryl methyl sites for hydroxylation is 2. The van der Waals surface area contributed by atoms with Crippen LogP contribution in [0.1, 0.15) is 29.9 Å². The van der Waals surface area contributed by atoms with Crippen molar-refractivity contribution in [1.29, 1.82) is 0 Å². The predicted molar refractivity (Wildman–Crippen MR) is 123 cm³/mol. The molecule has 0 aliphatic carbocycles. The summed E-state index contributed by atoms with van der Waals surface area (Å²) in [4.78, 5) is 22.0. The summed E-state index contributed by atoms with van der Waals surface area (Å²) in [5, 5.41) is 4.26. The van der Waals surface area contributed by atoms with Crippen LogP contribution in [0.2, 0.25) is 0 Å². The van der Waals surface area contributed by atoms with E-state index in [2.05, 4.69) is 10.3 Å². The molecule has 0 aliphatic heterocycles. The Morgan fingerprint density at radius 3 is 2.66 bits per heavy atom. The lowest BCUT2D eigenvalue weighted by Crippen LogP contribution is -2.12. The average Bonchev–Trinajstić information content (AvgIpc) is 3.37. The number of carbonyl (C=O) groups excluding carboxylic acids is 1. The van der Waals surface area contributed by atoms with E-state index in [-0.39, 0.29) is 5.97 Å². The van der Waals surface area contributed by atoms with Crippen molar-refractivity contribution < 1.29 is 19.0 Å². The van der Waals surface area contributed by atoms with Crippen molar-refractivity contribution in [1.82, 2.24) is 19.1 Å². The Morgan fingerprint density at radius 2 is 1.97 bits per heavy atom. The van der Waals surface area contributed by atoms with Crippen molar-refractivity contribution in [3.63, 3.8) is 0 Å². The van der Waals surface area contributed by atoms with E-state index in [4.69, 9.17) is 19.2 Å². The fourth-order valence-electron chi connectivity index (χ4n) is 3.91.